The van der Waals surface area contributed by atoms with E-state index >= 15 is 0 Å². The van der Waals surface area contributed by atoms with Crippen molar-refractivity contribution in [3.63, 3.8) is 0 Å². The van der Waals surface area contributed by atoms with Crippen LogP contribution in [0.4, 0.5) is 10.1 Å². The van der Waals surface area contributed by atoms with Crippen LogP contribution in [-0.4, -0.2) is 48.4 Å². The molecule has 0 bridgehead atoms. The van der Waals surface area contributed by atoms with Gasteiger partial charge in [0.1, 0.15) is 23.1 Å². The van der Waals surface area contributed by atoms with Crippen LogP contribution in [0.1, 0.15) is 12.5 Å². The number of rotatable bonds is 1. The molecule has 24 heavy (non-hydrogen) atoms. The molecule has 0 radical (unpaired) electrons. The number of benzene rings is 2. The molecule has 1 fully saturated rings. The third-order valence-corrected chi connectivity index (χ3v) is 4.63. The quantitative estimate of drug-likeness (QED) is 0.801. The average molecular weight is 325 g/mol. The Morgan fingerprint density at radius 1 is 1.00 bits per heavy atom. The standard InChI is InChI=1S/C19H20FN3O/c1-2-22-10-12-23(13-11-22)19-18-14(20)6-5-9-17(18)24-16-8-4-3-7-15(16)21-19/h3-9H,2,10-13H2,1H3. The zero-order valence-electron chi connectivity index (χ0n) is 13.7. The van der Waals surface area contributed by atoms with Crippen molar-refractivity contribution in [3.8, 4) is 11.5 Å². The predicted octanol–water partition coefficient (Wildman–Crippen LogP) is 3.65. The van der Waals surface area contributed by atoms with Gasteiger partial charge < -0.3 is 14.5 Å². The van der Waals surface area contributed by atoms with Crippen molar-refractivity contribution in [1.82, 2.24) is 9.80 Å². The lowest BCUT2D eigenvalue weighted by molar-refractivity contribution is 0.190. The van der Waals surface area contributed by atoms with E-state index < -0.39 is 0 Å². The number of fused-ring (bicyclic) bond motifs is 2. The number of piperazine rings is 1. The summed E-state index contributed by atoms with van der Waals surface area (Å²) in [6.07, 6.45) is 0. The fourth-order valence-corrected chi connectivity index (χ4v) is 3.24. The number of hydrogen-bond acceptors (Lipinski definition) is 4. The highest BCUT2D eigenvalue weighted by atomic mass is 19.1. The molecule has 0 atom stereocenters. The molecule has 2 aliphatic rings. The number of aliphatic imine (C=N–C) groups is 1. The minimum absolute atomic E-state index is 0.294. The summed E-state index contributed by atoms with van der Waals surface area (Å²) in [6, 6.07) is 12.5. The van der Waals surface area contributed by atoms with Crippen LogP contribution in [0.25, 0.3) is 0 Å². The molecule has 0 N–H and O–H groups in total. The lowest BCUT2D eigenvalue weighted by Crippen LogP contribution is -2.48. The average Bonchev–Trinajstić information content (AvgIpc) is 2.79. The van der Waals surface area contributed by atoms with E-state index in [2.05, 4.69) is 16.7 Å². The summed E-state index contributed by atoms with van der Waals surface area (Å²) >= 11 is 0. The van der Waals surface area contributed by atoms with Gasteiger partial charge in [-0.25, -0.2) is 9.38 Å². The van der Waals surface area contributed by atoms with Crippen LogP contribution < -0.4 is 4.74 Å². The fraction of sp³-hybridized carbons (Fsp3) is 0.316. The van der Waals surface area contributed by atoms with Crippen LogP contribution >= 0.6 is 0 Å². The molecule has 124 valence electrons. The minimum atomic E-state index is -0.294. The van der Waals surface area contributed by atoms with Crippen molar-refractivity contribution in [2.24, 2.45) is 4.99 Å². The maximum atomic E-state index is 14.6. The topological polar surface area (TPSA) is 28.1 Å². The van der Waals surface area contributed by atoms with Gasteiger partial charge in [-0.3, -0.25) is 0 Å². The van der Waals surface area contributed by atoms with Crippen molar-refractivity contribution in [1.29, 1.82) is 0 Å². The van der Waals surface area contributed by atoms with Crippen LogP contribution in [0.15, 0.2) is 47.5 Å². The van der Waals surface area contributed by atoms with E-state index in [0.717, 1.165) is 38.4 Å². The van der Waals surface area contributed by atoms with E-state index in [-0.39, 0.29) is 5.82 Å². The molecule has 4 nitrogen and oxygen atoms in total. The third-order valence-electron chi connectivity index (χ3n) is 4.63. The van der Waals surface area contributed by atoms with Crippen LogP contribution in [0.5, 0.6) is 11.5 Å². The van der Waals surface area contributed by atoms with E-state index in [1.165, 1.54) is 6.07 Å². The molecule has 0 aromatic heterocycles. The van der Waals surface area contributed by atoms with Crippen molar-refractivity contribution < 1.29 is 9.13 Å². The Kier molecular flexibility index (Phi) is 3.94. The van der Waals surface area contributed by atoms with Gasteiger partial charge in [0.05, 0.1) is 5.56 Å². The minimum Gasteiger partial charge on any atom is -0.454 e. The molecule has 1 saturated heterocycles. The SMILES string of the molecule is CCN1CCN(C2=Nc3ccccc3Oc3cccc(F)c32)CC1. The maximum absolute atomic E-state index is 14.6. The summed E-state index contributed by atoms with van der Waals surface area (Å²) in [4.78, 5) is 9.33. The summed E-state index contributed by atoms with van der Waals surface area (Å²) in [7, 11) is 0. The van der Waals surface area contributed by atoms with E-state index in [4.69, 9.17) is 9.73 Å². The third kappa shape index (κ3) is 2.65. The summed E-state index contributed by atoms with van der Waals surface area (Å²) < 4.78 is 20.6. The smallest absolute Gasteiger partial charge is 0.153 e. The number of nitrogens with zero attached hydrogens (tertiary/aromatic N) is 3. The van der Waals surface area contributed by atoms with Crippen molar-refractivity contribution in [2.45, 2.75) is 6.92 Å². The van der Waals surface area contributed by atoms with Gasteiger partial charge in [0.25, 0.3) is 0 Å². The van der Waals surface area contributed by atoms with Gasteiger partial charge in [-0.15, -0.1) is 0 Å². The van der Waals surface area contributed by atoms with Gasteiger partial charge in [0, 0.05) is 26.2 Å². The Labute approximate surface area is 141 Å². The first-order valence-electron chi connectivity index (χ1n) is 8.38. The van der Waals surface area contributed by atoms with Crippen LogP contribution in [0, 0.1) is 5.82 Å². The van der Waals surface area contributed by atoms with Crippen LogP contribution in [0.3, 0.4) is 0 Å². The first kappa shape index (κ1) is 15.1. The zero-order chi connectivity index (χ0) is 16.5. The molecule has 2 aliphatic heterocycles. The van der Waals surface area contributed by atoms with Gasteiger partial charge in [0.15, 0.2) is 5.75 Å². The molecule has 0 aliphatic carbocycles. The molecule has 2 heterocycles. The fourth-order valence-electron chi connectivity index (χ4n) is 3.24. The van der Waals surface area contributed by atoms with E-state index in [1.54, 1.807) is 12.1 Å². The van der Waals surface area contributed by atoms with Crippen LogP contribution in [-0.2, 0) is 0 Å². The molecular weight excluding hydrogens is 305 g/mol. The monoisotopic (exact) mass is 325 g/mol. The Morgan fingerprint density at radius 2 is 1.75 bits per heavy atom. The molecule has 0 amide bonds. The van der Waals surface area contributed by atoms with Crippen molar-refractivity contribution >= 4 is 11.5 Å². The molecule has 2 aromatic carbocycles. The Balaban J connectivity index is 1.80. The number of ether oxygens (including phenoxy) is 1. The number of para-hydroxylation sites is 2. The molecule has 0 unspecified atom stereocenters. The Bertz CT molecular complexity index is 782. The molecular formula is C19H20FN3O. The lowest BCUT2D eigenvalue weighted by atomic mass is 10.1. The van der Waals surface area contributed by atoms with Gasteiger partial charge >= 0.3 is 0 Å². The highest BCUT2D eigenvalue weighted by Crippen LogP contribution is 2.38. The van der Waals surface area contributed by atoms with Gasteiger partial charge in [0.2, 0.25) is 0 Å². The van der Waals surface area contributed by atoms with Crippen molar-refractivity contribution in [2.75, 3.05) is 32.7 Å². The Morgan fingerprint density at radius 3 is 2.54 bits per heavy atom. The first-order chi connectivity index (χ1) is 11.8. The number of halogens is 1. The summed E-state index contributed by atoms with van der Waals surface area (Å²) in [5.74, 6) is 1.56. The second-order valence-corrected chi connectivity index (χ2v) is 6.04. The number of hydrogen-bond donors (Lipinski definition) is 0. The zero-order valence-corrected chi connectivity index (χ0v) is 13.7. The predicted molar refractivity (Wildman–Crippen MR) is 92.8 cm³/mol. The second-order valence-electron chi connectivity index (χ2n) is 6.04. The maximum Gasteiger partial charge on any atom is 0.153 e. The second kappa shape index (κ2) is 6.24. The molecule has 4 rings (SSSR count). The molecule has 0 saturated carbocycles. The summed E-state index contributed by atoms with van der Waals surface area (Å²) in [5, 5.41) is 0. The number of amidine groups is 1. The first-order valence-corrected chi connectivity index (χ1v) is 8.38. The number of likely N-dealkylation sites (N-methyl/N-ethyl adjacent to an activating group) is 1. The van der Waals surface area contributed by atoms with Crippen molar-refractivity contribution in [3.05, 3.63) is 53.8 Å². The lowest BCUT2D eigenvalue weighted by Gasteiger charge is -2.36. The Hall–Kier alpha value is -2.40. The van der Waals surface area contributed by atoms with Gasteiger partial charge in [-0.1, -0.05) is 25.1 Å². The van der Waals surface area contributed by atoms with E-state index in [9.17, 15) is 4.39 Å². The summed E-state index contributed by atoms with van der Waals surface area (Å²) in [6.45, 7) is 6.80. The van der Waals surface area contributed by atoms with E-state index in [0.29, 0.717) is 22.9 Å². The highest BCUT2D eigenvalue weighted by Gasteiger charge is 2.27. The van der Waals surface area contributed by atoms with Gasteiger partial charge in [-0.2, -0.15) is 0 Å². The molecule has 0 spiro atoms. The molecule has 2 aromatic rings. The highest BCUT2D eigenvalue weighted by molar-refractivity contribution is 6.04. The summed E-state index contributed by atoms with van der Waals surface area (Å²) in [5.41, 5.74) is 1.19. The molecule has 5 heteroatoms. The van der Waals surface area contributed by atoms with Crippen LogP contribution in [0.2, 0.25) is 0 Å². The largest absolute Gasteiger partial charge is 0.454 e. The normalized spacial score (nSPS) is 17.4. The van der Waals surface area contributed by atoms with Gasteiger partial charge in [-0.05, 0) is 30.8 Å². The van der Waals surface area contributed by atoms with E-state index in [1.807, 2.05) is 24.3 Å².